The van der Waals surface area contributed by atoms with Crippen molar-refractivity contribution in [3.8, 4) is 0 Å². The third-order valence-electron chi connectivity index (χ3n) is 3.77. The molecule has 1 unspecified atom stereocenters. The zero-order chi connectivity index (χ0) is 13.6. The van der Waals surface area contributed by atoms with Crippen molar-refractivity contribution >= 4 is 5.84 Å². The Hall–Kier alpha value is -0.810. The van der Waals surface area contributed by atoms with Crippen molar-refractivity contribution in [3.63, 3.8) is 0 Å². The summed E-state index contributed by atoms with van der Waals surface area (Å²) >= 11 is 0. The van der Waals surface area contributed by atoms with Gasteiger partial charge >= 0.3 is 0 Å². The van der Waals surface area contributed by atoms with Crippen LogP contribution in [-0.2, 0) is 0 Å². The molecule has 0 bridgehead atoms. The number of nitrogens with zero attached hydrogens (tertiary/aromatic N) is 2. The first-order valence-electron chi connectivity index (χ1n) is 6.89. The number of hydrogen-bond donors (Lipinski definition) is 3. The summed E-state index contributed by atoms with van der Waals surface area (Å²) in [6.07, 6.45) is 3.54. The molecule has 0 saturated carbocycles. The monoisotopic (exact) mass is 256 g/mol. The Morgan fingerprint density at radius 2 is 2.06 bits per heavy atom. The molecule has 4 N–H and O–H groups in total. The Bertz CT molecular complexity index is 272. The summed E-state index contributed by atoms with van der Waals surface area (Å²) in [4.78, 5) is 2.51. The number of rotatable bonds is 7. The lowest BCUT2D eigenvalue weighted by Crippen LogP contribution is -2.41. The number of amidine groups is 1. The van der Waals surface area contributed by atoms with E-state index in [9.17, 15) is 0 Å². The second-order valence-corrected chi connectivity index (χ2v) is 5.98. The fraction of sp³-hybridized carbons (Fsp3) is 0.923. The molecule has 1 saturated heterocycles. The Morgan fingerprint density at radius 3 is 2.61 bits per heavy atom. The van der Waals surface area contributed by atoms with E-state index in [1.165, 1.54) is 25.9 Å². The van der Waals surface area contributed by atoms with Crippen LogP contribution in [0.5, 0.6) is 0 Å². The van der Waals surface area contributed by atoms with Crippen LogP contribution < -0.4 is 11.1 Å². The van der Waals surface area contributed by atoms with Crippen LogP contribution in [0.3, 0.4) is 0 Å². The highest BCUT2D eigenvalue weighted by molar-refractivity contribution is 5.85. The highest BCUT2D eigenvalue weighted by Gasteiger charge is 2.23. The molecule has 1 rings (SSSR count). The van der Waals surface area contributed by atoms with Crippen LogP contribution in [0, 0.1) is 5.41 Å². The molecule has 0 aliphatic carbocycles. The van der Waals surface area contributed by atoms with Gasteiger partial charge in [-0.3, -0.25) is 0 Å². The summed E-state index contributed by atoms with van der Waals surface area (Å²) in [5.74, 6) is 0.302. The standard InChI is InChI=1S/C13H28N4O/c1-11(10-17-8-4-5-9-17)15-7-6-13(2,3)12(14)16-18/h11,15,18H,4-10H2,1-3H3,(H2,14,16). The van der Waals surface area contributed by atoms with Crippen molar-refractivity contribution in [2.75, 3.05) is 26.2 Å². The summed E-state index contributed by atoms with van der Waals surface area (Å²) in [5.41, 5.74) is 5.41. The van der Waals surface area contributed by atoms with Gasteiger partial charge in [0.05, 0.1) is 0 Å². The Labute approximate surface area is 110 Å². The molecular formula is C13H28N4O. The third kappa shape index (κ3) is 4.82. The first-order chi connectivity index (χ1) is 8.45. The molecule has 1 fully saturated rings. The van der Waals surface area contributed by atoms with Gasteiger partial charge < -0.3 is 21.2 Å². The summed E-state index contributed by atoms with van der Waals surface area (Å²) in [5, 5.41) is 15.3. The lowest BCUT2D eigenvalue weighted by atomic mass is 9.88. The fourth-order valence-electron chi connectivity index (χ4n) is 2.31. The van der Waals surface area contributed by atoms with E-state index in [1.807, 2.05) is 13.8 Å². The van der Waals surface area contributed by atoms with Gasteiger partial charge in [0.15, 0.2) is 0 Å². The summed E-state index contributed by atoms with van der Waals surface area (Å²) in [7, 11) is 0. The van der Waals surface area contributed by atoms with Crippen LogP contribution in [0.4, 0.5) is 0 Å². The van der Waals surface area contributed by atoms with Crippen molar-refractivity contribution in [2.24, 2.45) is 16.3 Å². The van der Waals surface area contributed by atoms with Crippen LogP contribution >= 0.6 is 0 Å². The Kier molecular flexibility index (Phi) is 5.88. The average Bonchev–Trinajstić information content (AvgIpc) is 2.80. The molecule has 18 heavy (non-hydrogen) atoms. The molecule has 0 radical (unpaired) electrons. The maximum atomic E-state index is 8.70. The minimum Gasteiger partial charge on any atom is -0.409 e. The van der Waals surface area contributed by atoms with E-state index in [1.54, 1.807) is 0 Å². The van der Waals surface area contributed by atoms with Gasteiger partial charge in [-0.15, -0.1) is 0 Å². The lowest BCUT2D eigenvalue weighted by molar-refractivity contribution is 0.289. The van der Waals surface area contributed by atoms with Crippen LogP contribution in [0.25, 0.3) is 0 Å². The van der Waals surface area contributed by atoms with Crippen molar-refractivity contribution < 1.29 is 5.21 Å². The molecule has 0 amide bonds. The fourth-order valence-corrected chi connectivity index (χ4v) is 2.31. The minimum absolute atomic E-state index is 0.255. The van der Waals surface area contributed by atoms with E-state index < -0.39 is 0 Å². The molecule has 106 valence electrons. The number of nitrogens with two attached hydrogens (primary N) is 1. The molecule has 5 nitrogen and oxygen atoms in total. The molecule has 0 aromatic carbocycles. The highest BCUT2D eigenvalue weighted by Crippen LogP contribution is 2.19. The van der Waals surface area contributed by atoms with Crippen LogP contribution in [0.2, 0.25) is 0 Å². The zero-order valence-electron chi connectivity index (χ0n) is 11.9. The average molecular weight is 256 g/mol. The van der Waals surface area contributed by atoms with Gasteiger partial charge in [0.1, 0.15) is 5.84 Å². The summed E-state index contributed by atoms with van der Waals surface area (Å²) in [6.45, 7) is 10.7. The van der Waals surface area contributed by atoms with Crippen molar-refractivity contribution in [1.29, 1.82) is 0 Å². The molecular weight excluding hydrogens is 228 g/mol. The highest BCUT2D eigenvalue weighted by atomic mass is 16.4. The van der Waals surface area contributed by atoms with E-state index >= 15 is 0 Å². The smallest absolute Gasteiger partial charge is 0.144 e. The predicted octanol–water partition coefficient (Wildman–Crippen LogP) is 1.22. The van der Waals surface area contributed by atoms with Gasteiger partial charge in [0.25, 0.3) is 0 Å². The van der Waals surface area contributed by atoms with Gasteiger partial charge in [0, 0.05) is 18.0 Å². The minimum atomic E-state index is -0.255. The second kappa shape index (κ2) is 6.95. The van der Waals surface area contributed by atoms with Crippen molar-refractivity contribution in [2.45, 2.75) is 46.1 Å². The number of likely N-dealkylation sites (tertiary alicyclic amines) is 1. The van der Waals surface area contributed by atoms with Gasteiger partial charge in [-0.1, -0.05) is 19.0 Å². The molecule has 1 aliphatic heterocycles. The van der Waals surface area contributed by atoms with Gasteiger partial charge in [-0.05, 0) is 45.8 Å². The predicted molar refractivity (Wildman–Crippen MR) is 74.9 cm³/mol. The van der Waals surface area contributed by atoms with Gasteiger partial charge in [-0.25, -0.2) is 0 Å². The Morgan fingerprint density at radius 1 is 1.44 bits per heavy atom. The molecule has 0 aromatic heterocycles. The molecule has 1 aliphatic rings. The third-order valence-corrected chi connectivity index (χ3v) is 3.77. The molecule has 5 heteroatoms. The molecule has 1 heterocycles. The second-order valence-electron chi connectivity index (χ2n) is 5.98. The van der Waals surface area contributed by atoms with E-state index in [0.717, 1.165) is 19.5 Å². The first kappa shape index (κ1) is 15.2. The summed E-state index contributed by atoms with van der Waals surface area (Å²) < 4.78 is 0. The topological polar surface area (TPSA) is 73.9 Å². The number of oxime groups is 1. The van der Waals surface area contributed by atoms with Crippen molar-refractivity contribution in [1.82, 2.24) is 10.2 Å². The summed E-state index contributed by atoms with van der Waals surface area (Å²) in [6, 6.07) is 0.492. The molecule has 1 atom stereocenters. The maximum Gasteiger partial charge on any atom is 0.144 e. The zero-order valence-corrected chi connectivity index (χ0v) is 11.9. The number of nitrogens with one attached hydrogen (secondary N) is 1. The molecule has 0 spiro atoms. The van der Waals surface area contributed by atoms with Crippen LogP contribution in [-0.4, -0.2) is 48.2 Å². The van der Waals surface area contributed by atoms with Crippen molar-refractivity contribution in [3.05, 3.63) is 0 Å². The Balaban J connectivity index is 2.20. The number of hydrogen-bond acceptors (Lipinski definition) is 4. The largest absolute Gasteiger partial charge is 0.409 e. The first-order valence-corrected chi connectivity index (χ1v) is 6.89. The van der Waals surface area contributed by atoms with Crippen LogP contribution in [0.1, 0.15) is 40.0 Å². The normalized spacial score (nSPS) is 20.3. The quantitative estimate of drug-likeness (QED) is 0.277. The maximum absolute atomic E-state index is 8.70. The van der Waals surface area contributed by atoms with E-state index in [2.05, 4.69) is 22.3 Å². The van der Waals surface area contributed by atoms with Gasteiger partial charge in [-0.2, -0.15) is 0 Å². The lowest BCUT2D eigenvalue weighted by Gasteiger charge is -2.25. The van der Waals surface area contributed by atoms with E-state index in [4.69, 9.17) is 10.9 Å². The van der Waals surface area contributed by atoms with Gasteiger partial charge in [0.2, 0.25) is 0 Å². The molecule has 0 aromatic rings. The van der Waals surface area contributed by atoms with E-state index in [-0.39, 0.29) is 5.41 Å². The SMILES string of the molecule is CC(CN1CCCC1)NCCC(C)(C)C(N)=NO. The van der Waals surface area contributed by atoms with E-state index in [0.29, 0.717) is 11.9 Å². The van der Waals surface area contributed by atoms with Crippen LogP contribution in [0.15, 0.2) is 5.16 Å².